The maximum Gasteiger partial charge on any atom is 0.408 e. The van der Waals surface area contributed by atoms with Crippen LogP contribution in [0.4, 0.5) is 13.2 Å². The minimum absolute atomic E-state index is 0.0532. The van der Waals surface area contributed by atoms with Crippen molar-refractivity contribution in [2.24, 2.45) is 0 Å². The Bertz CT molecular complexity index is 691. The van der Waals surface area contributed by atoms with E-state index in [0.29, 0.717) is 25.1 Å². The van der Waals surface area contributed by atoms with Gasteiger partial charge in [0.25, 0.3) is 11.7 Å². The van der Waals surface area contributed by atoms with Crippen LogP contribution in [0.2, 0.25) is 0 Å². The van der Waals surface area contributed by atoms with Gasteiger partial charge < -0.3 is 15.0 Å². The van der Waals surface area contributed by atoms with Gasteiger partial charge in [0.05, 0.1) is 11.3 Å². The molecule has 1 aromatic heterocycles. The predicted molar refractivity (Wildman–Crippen MR) is 72.4 cm³/mol. The number of carbonyl (C=O) groups excluding carboxylic acids is 2. The first-order chi connectivity index (χ1) is 10.6. The Kier molecular flexibility index (Phi) is 4.23. The fourth-order valence-corrected chi connectivity index (χ4v) is 2.75. The van der Waals surface area contributed by atoms with Gasteiger partial charge in [0, 0.05) is 12.2 Å². The maximum absolute atomic E-state index is 12.5. The maximum atomic E-state index is 12.5. The van der Waals surface area contributed by atoms with Crippen molar-refractivity contribution in [2.75, 3.05) is 0 Å². The van der Waals surface area contributed by atoms with E-state index in [0.717, 1.165) is 6.92 Å². The summed E-state index contributed by atoms with van der Waals surface area (Å²) >= 11 is 0. The molecule has 126 valence electrons. The third kappa shape index (κ3) is 2.95. The summed E-state index contributed by atoms with van der Waals surface area (Å²) in [6.45, 7) is 2.46. The predicted octanol–water partition coefficient (Wildman–Crippen LogP) is 1.69. The minimum Gasteiger partial charge on any atom is -0.478 e. The molecule has 0 saturated heterocycles. The summed E-state index contributed by atoms with van der Waals surface area (Å²) in [5.74, 6) is -3.78. The number of halogens is 3. The molecular formula is C14H15F3N2O4. The van der Waals surface area contributed by atoms with Crippen molar-refractivity contribution in [3.63, 3.8) is 0 Å². The normalized spacial score (nSPS) is 15.2. The lowest BCUT2D eigenvalue weighted by atomic mass is 10.1. The summed E-state index contributed by atoms with van der Waals surface area (Å²) < 4.78 is 38.8. The number of Topliss-reactive ketones (excluding diaryl/α,β-unsaturated/α-hetero) is 1. The molecule has 2 heterocycles. The van der Waals surface area contributed by atoms with E-state index in [9.17, 15) is 32.7 Å². The van der Waals surface area contributed by atoms with Crippen LogP contribution in [0.1, 0.15) is 45.4 Å². The van der Waals surface area contributed by atoms with Gasteiger partial charge in [-0.05, 0) is 32.3 Å². The molecule has 2 rings (SSSR count). The molecule has 0 fully saturated rings. The van der Waals surface area contributed by atoms with Crippen molar-refractivity contribution >= 4 is 17.7 Å². The molecule has 0 aromatic carbocycles. The van der Waals surface area contributed by atoms with Crippen molar-refractivity contribution in [3.8, 4) is 0 Å². The summed E-state index contributed by atoms with van der Waals surface area (Å²) in [5.41, 5.74) is 0.325. The number of carboxylic acid groups (broad SMARTS) is 1. The highest BCUT2D eigenvalue weighted by atomic mass is 19.4. The molecule has 1 amide bonds. The summed E-state index contributed by atoms with van der Waals surface area (Å²) in [4.78, 5) is 35.4. The molecule has 1 aliphatic heterocycles. The zero-order valence-electron chi connectivity index (χ0n) is 12.5. The van der Waals surface area contributed by atoms with E-state index in [-0.39, 0.29) is 16.8 Å². The number of carbonyl (C=O) groups is 3. The Balaban J connectivity index is 2.36. The SMILES string of the molecule is Cc1c(C(=O)O)c2n(c1C(=O)C(=O)N[C@@H](C)C(F)(F)F)CCC2. The van der Waals surface area contributed by atoms with Gasteiger partial charge in [-0.15, -0.1) is 0 Å². The number of aromatic nitrogens is 1. The Morgan fingerprint density at radius 1 is 1.30 bits per heavy atom. The third-order valence-corrected chi connectivity index (χ3v) is 3.88. The zero-order chi connectivity index (χ0) is 17.5. The second-order valence-corrected chi connectivity index (χ2v) is 5.42. The molecule has 1 atom stereocenters. The van der Waals surface area contributed by atoms with E-state index in [1.54, 1.807) is 5.32 Å². The van der Waals surface area contributed by atoms with Crippen LogP contribution in [0.5, 0.6) is 0 Å². The molecule has 6 nitrogen and oxygen atoms in total. The lowest BCUT2D eigenvalue weighted by molar-refractivity contribution is -0.156. The molecule has 0 bridgehead atoms. The number of carboxylic acids is 1. The average Bonchev–Trinajstić information content (AvgIpc) is 2.95. The Morgan fingerprint density at radius 2 is 1.91 bits per heavy atom. The summed E-state index contributed by atoms with van der Waals surface area (Å²) in [6.07, 6.45) is -3.62. The smallest absolute Gasteiger partial charge is 0.408 e. The molecule has 2 N–H and O–H groups in total. The Morgan fingerprint density at radius 3 is 2.43 bits per heavy atom. The van der Waals surface area contributed by atoms with Crippen molar-refractivity contribution in [3.05, 3.63) is 22.5 Å². The summed E-state index contributed by atoms with van der Waals surface area (Å²) in [6, 6.07) is -2.17. The van der Waals surface area contributed by atoms with Gasteiger partial charge >= 0.3 is 12.1 Å². The Hall–Kier alpha value is -2.32. The van der Waals surface area contributed by atoms with Crippen LogP contribution in [-0.2, 0) is 17.8 Å². The van der Waals surface area contributed by atoms with Crippen LogP contribution >= 0.6 is 0 Å². The fraction of sp³-hybridized carbons (Fsp3) is 0.500. The lowest BCUT2D eigenvalue weighted by Gasteiger charge is -2.17. The number of nitrogens with one attached hydrogen (secondary N) is 1. The van der Waals surface area contributed by atoms with Gasteiger partial charge in [-0.3, -0.25) is 9.59 Å². The highest BCUT2D eigenvalue weighted by molar-refractivity contribution is 6.43. The molecule has 9 heteroatoms. The van der Waals surface area contributed by atoms with E-state index in [1.807, 2.05) is 0 Å². The zero-order valence-corrected chi connectivity index (χ0v) is 12.5. The number of aromatic carboxylic acids is 1. The largest absolute Gasteiger partial charge is 0.478 e. The van der Waals surface area contributed by atoms with Crippen molar-refractivity contribution in [1.82, 2.24) is 9.88 Å². The van der Waals surface area contributed by atoms with Crippen LogP contribution < -0.4 is 5.32 Å². The van der Waals surface area contributed by atoms with E-state index in [1.165, 1.54) is 11.5 Å². The van der Waals surface area contributed by atoms with Gasteiger partial charge in [-0.1, -0.05) is 0 Å². The first-order valence-electron chi connectivity index (χ1n) is 6.92. The van der Waals surface area contributed by atoms with E-state index >= 15 is 0 Å². The average molecular weight is 332 g/mol. The number of alkyl halides is 3. The van der Waals surface area contributed by atoms with Gasteiger partial charge in [0.15, 0.2) is 0 Å². The second kappa shape index (κ2) is 5.71. The lowest BCUT2D eigenvalue weighted by Crippen LogP contribution is -2.46. The molecule has 1 aromatic rings. The van der Waals surface area contributed by atoms with Crippen molar-refractivity contribution in [2.45, 2.75) is 45.5 Å². The summed E-state index contributed by atoms with van der Waals surface area (Å²) in [7, 11) is 0. The molecular weight excluding hydrogens is 317 g/mol. The molecule has 0 aliphatic carbocycles. The van der Waals surface area contributed by atoms with E-state index in [2.05, 4.69) is 0 Å². The molecule has 1 aliphatic rings. The van der Waals surface area contributed by atoms with Gasteiger partial charge in [0.2, 0.25) is 0 Å². The standard InChI is InChI=1S/C14H15F3N2O4/c1-6-9(13(22)23)8-4-3-5-19(8)10(6)11(20)12(21)18-7(2)14(15,16)17/h7H,3-5H2,1-2H3,(H,18,21)(H,22,23)/t7-/m0/s1. The quantitative estimate of drug-likeness (QED) is 0.649. The number of hydrogen-bond donors (Lipinski definition) is 2. The topological polar surface area (TPSA) is 88.4 Å². The van der Waals surface area contributed by atoms with Crippen LogP contribution in [0.3, 0.4) is 0 Å². The highest BCUT2D eigenvalue weighted by Gasteiger charge is 2.39. The highest BCUT2D eigenvalue weighted by Crippen LogP contribution is 2.29. The molecule has 0 spiro atoms. The fourth-order valence-electron chi connectivity index (χ4n) is 2.75. The number of rotatable bonds is 4. The Labute approximate surface area is 129 Å². The monoisotopic (exact) mass is 332 g/mol. The molecule has 0 unspecified atom stereocenters. The molecule has 0 saturated carbocycles. The van der Waals surface area contributed by atoms with Gasteiger partial charge in [-0.2, -0.15) is 13.2 Å². The van der Waals surface area contributed by atoms with Crippen molar-refractivity contribution < 1.29 is 32.7 Å². The number of hydrogen-bond acceptors (Lipinski definition) is 3. The second-order valence-electron chi connectivity index (χ2n) is 5.42. The number of nitrogens with zero attached hydrogens (tertiary/aromatic N) is 1. The third-order valence-electron chi connectivity index (χ3n) is 3.88. The summed E-state index contributed by atoms with van der Waals surface area (Å²) in [5, 5.41) is 10.8. The van der Waals surface area contributed by atoms with E-state index in [4.69, 9.17) is 0 Å². The number of amides is 1. The van der Waals surface area contributed by atoms with Crippen LogP contribution in [0, 0.1) is 6.92 Å². The van der Waals surface area contributed by atoms with Crippen LogP contribution in [0.15, 0.2) is 0 Å². The number of ketones is 1. The molecule has 23 heavy (non-hydrogen) atoms. The van der Waals surface area contributed by atoms with Crippen molar-refractivity contribution in [1.29, 1.82) is 0 Å². The minimum atomic E-state index is -4.67. The van der Waals surface area contributed by atoms with Crippen LogP contribution in [-0.4, -0.2) is 39.6 Å². The molecule has 0 radical (unpaired) electrons. The first kappa shape index (κ1) is 17.0. The van der Waals surface area contributed by atoms with Gasteiger partial charge in [0.1, 0.15) is 6.04 Å². The first-order valence-corrected chi connectivity index (χ1v) is 6.92. The number of fused-ring (bicyclic) bond motifs is 1. The van der Waals surface area contributed by atoms with Crippen LogP contribution in [0.25, 0.3) is 0 Å². The van der Waals surface area contributed by atoms with Gasteiger partial charge in [-0.25, -0.2) is 4.79 Å². The van der Waals surface area contributed by atoms with E-state index < -0.39 is 29.9 Å².